The van der Waals surface area contributed by atoms with Crippen molar-refractivity contribution < 1.29 is 19.1 Å². The third kappa shape index (κ3) is 4.58. The molecule has 1 aromatic heterocycles. The highest BCUT2D eigenvalue weighted by Crippen LogP contribution is 2.32. The Labute approximate surface area is 164 Å². The molecule has 7 heteroatoms. The summed E-state index contributed by atoms with van der Waals surface area (Å²) in [7, 11) is 0. The van der Waals surface area contributed by atoms with Crippen molar-refractivity contribution in [2.75, 3.05) is 0 Å². The van der Waals surface area contributed by atoms with E-state index >= 15 is 0 Å². The van der Waals surface area contributed by atoms with Gasteiger partial charge in [0.1, 0.15) is 17.2 Å². The van der Waals surface area contributed by atoms with E-state index in [0.717, 1.165) is 0 Å². The third-order valence-electron chi connectivity index (χ3n) is 3.62. The number of amides is 1. The fourth-order valence-electron chi connectivity index (χ4n) is 2.34. The Bertz CT molecular complexity index is 1030. The lowest BCUT2D eigenvalue weighted by Gasteiger charge is -2.05. The summed E-state index contributed by atoms with van der Waals surface area (Å²) in [6.45, 7) is 0. The zero-order valence-corrected chi connectivity index (χ0v) is 15.3. The van der Waals surface area contributed by atoms with Crippen LogP contribution in [-0.4, -0.2) is 17.0 Å². The quantitative estimate of drug-likeness (QED) is 0.582. The Morgan fingerprint density at radius 2 is 1.74 bits per heavy atom. The van der Waals surface area contributed by atoms with Gasteiger partial charge in [-0.15, -0.1) is 0 Å². The zero-order valence-electron chi connectivity index (χ0n) is 13.8. The summed E-state index contributed by atoms with van der Waals surface area (Å²) in [5.74, 6) is -1.16. The van der Waals surface area contributed by atoms with Gasteiger partial charge < -0.3 is 14.8 Å². The molecule has 3 aromatic rings. The Balaban J connectivity index is 1.87. The van der Waals surface area contributed by atoms with E-state index in [1.54, 1.807) is 60.7 Å². The van der Waals surface area contributed by atoms with Gasteiger partial charge in [-0.05, 0) is 42.5 Å². The molecule has 0 aliphatic rings. The number of carboxylic acids is 1. The fraction of sp³-hybridized carbons (Fsp3) is 0. The lowest BCUT2D eigenvalue weighted by Crippen LogP contribution is -2.27. The summed E-state index contributed by atoms with van der Waals surface area (Å²) < 4.78 is 5.64. The highest BCUT2D eigenvalue weighted by atomic mass is 35.5. The minimum absolute atomic E-state index is 0.242. The number of aliphatic carboxylic acids is 1. The van der Waals surface area contributed by atoms with E-state index < -0.39 is 11.9 Å². The highest BCUT2D eigenvalue weighted by Gasteiger charge is 2.15. The number of carbonyl (C=O) groups is 2. The van der Waals surface area contributed by atoms with Crippen molar-refractivity contribution in [2.45, 2.75) is 0 Å². The van der Waals surface area contributed by atoms with Crippen LogP contribution in [0.15, 0.2) is 70.8 Å². The zero-order chi connectivity index (χ0) is 19.4. The van der Waals surface area contributed by atoms with Crippen molar-refractivity contribution in [1.82, 2.24) is 5.32 Å². The molecule has 5 nitrogen and oxygen atoms in total. The average molecular weight is 402 g/mol. The van der Waals surface area contributed by atoms with E-state index in [2.05, 4.69) is 5.32 Å². The molecule has 2 N–H and O–H groups in total. The maximum Gasteiger partial charge on any atom is 0.352 e. The summed E-state index contributed by atoms with van der Waals surface area (Å²) in [4.78, 5) is 23.7. The van der Waals surface area contributed by atoms with Crippen molar-refractivity contribution in [1.29, 1.82) is 0 Å². The van der Waals surface area contributed by atoms with Gasteiger partial charge >= 0.3 is 5.97 Å². The van der Waals surface area contributed by atoms with Crippen LogP contribution in [0.2, 0.25) is 10.0 Å². The van der Waals surface area contributed by atoms with Crippen molar-refractivity contribution >= 4 is 41.2 Å². The van der Waals surface area contributed by atoms with E-state index in [0.29, 0.717) is 26.9 Å². The summed E-state index contributed by atoms with van der Waals surface area (Å²) in [6, 6.07) is 16.5. The van der Waals surface area contributed by atoms with E-state index in [1.807, 2.05) is 0 Å². The summed E-state index contributed by atoms with van der Waals surface area (Å²) >= 11 is 12.1. The topological polar surface area (TPSA) is 79.5 Å². The molecule has 1 heterocycles. The van der Waals surface area contributed by atoms with Crippen LogP contribution in [-0.2, 0) is 4.79 Å². The molecule has 0 aliphatic carbocycles. The summed E-state index contributed by atoms with van der Waals surface area (Å²) in [6.07, 6.45) is 1.23. The third-order valence-corrected chi connectivity index (χ3v) is 4.19. The molecule has 0 saturated carbocycles. The molecule has 0 saturated heterocycles. The minimum Gasteiger partial charge on any atom is -0.477 e. The number of hydrogen-bond donors (Lipinski definition) is 2. The van der Waals surface area contributed by atoms with Crippen LogP contribution in [0.3, 0.4) is 0 Å². The first-order valence-electron chi connectivity index (χ1n) is 7.80. The van der Waals surface area contributed by atoms with Gasteiger partial charge in [-0.3, -0.25) is 4.79 Å². The maximum atomic E-state index is 12.2. The van der Waals surface area contributed by atoms with Crippen LogP contribution in [0.4, 0.5) is 0 Å². The number of nitrogens with one attached hydrogen (secondary N) is 1. The molecule has 2 aromatic carbocycles. The number of rotatable bonds is 5. The number of carboxylic acid groups (broad SMARTS) is 1. The van der Waals surface area contributed by atoms with E-state index in [1.165, 1.54) is 6.08 Å². The number of benzene rings is 2. The first-order chi connectivity index (χ1) is 12.9. The van der Waals surface area contributed by atoms with Gasteiger partial charge in [-0.2, -0.15) is 0 Å². The minimum atomic E-state index is -1.29. The van der Waals surface area contributed by atoms with Crippen LogP contribution in [0.1, 0.15) is 16.1 Å². The first kappa shape index (κ1) is 18.8. The highest BCUT2D eigenvalue weighted by molar-refractivity contribution is 6.35. The standard InChI is InChI=1S/C20H13Cl2NO4/c21-13-6-8-16(22)15(10-13)18-9-7-14(27-18)11-17(20(25)26)23-19(24)12-4-2-1-3-5-12/h1-11H,(H,23,24)(H,25,26)/b17-11+. The molecular weight excluding hydrogens is 389 g/mol. The largest absolute Gasteiger partial charge is 0.477 e. The van der Waals surface area contributed by atoms with Crippen LogP contribution in [0.5, 0.6) is 0 Å². The van der Waals surface area contributed by atoms with Gasteiger partial charge in [0.25, 0.3) is 5.91 Å². The lowest BCUT2D eigenvalue weighted by atomic mass is 10.2. The van der Waals surface area contributed by atoms with Gasteiger partial charge in [0.2, 0.25) is 0 Å². The number of hydrogen-bond acceptors (Lipinski definition) is 3. The SMILES string of the molecule is O=C(O)/C(=C\c1ccc(-c2cc(Cl)ccc2Cl)o1)NC(=O)c1ccccc1. The number of furan rings is 1. The Hall–Kier alpha value is -3.02. The monoisotopic (exact) mass is 401 g/mol. The van der Waals surface area contributed by atoms with E-state index in [-0.39, 0.29) is 11.5 Å². The van der Waals surface area contributed by atoms with Crippen molar-refractivity contribution in [2.24, 2.45) is 0 Å². The Morgan fingerprint density at radius 1 is 1.00 bits per heavy atom. The number of carbonyl (C=O) groups excluding carboxylic acids is 1. The number of halogens is 2. The summed E-state index contributed by atoms with van der Waals surface area (Å²) in [5, 5.41) is 12.7. The molecule has 0 spiro atoms. The molecule has 0 unspecified atom stereocenters. The molecule has 0 radical (unpaired) electrons. The molecule has 1 amide bonds. The van der Waals surface area contributed by atoms with Gasteiger partial charge in [0.05, 0.1) is 5.02 Å². The second-order valence-electron chi connectivity index (χ2n) is 5.51. The average Bonchev–Trinajstić information content (AvgIpc) is 3.12. The van der Waals surface area contributed by atoms with Crippen molar-refractivity contribution in [3.05, 3.63) is 87.7 Å². The molecule has 0 bridgehead atoms. The molecular formula is C20H13Cl2NO4. The smallest absolute Gasteiger partial charge is 0.352 e. The van der Waals surface area contributed by atoms with E-state index in [9.17, 15) is 14.7 Å². The normalized spacial score (nSPS) is 11.3. The summed E-state index contributed by atoms with van der Waals surface area (Å²) in [5.41, 5.74) is 0.603. The van der Waals surface area contributed by atoms with Gasteiger partial charge in [0, 0.05) is 22.2 Å². The molecule has 136 valence electrons. The maximum absolute atomic E-state index is 12.2. The molecule has 27 heavy (non-hydrogen) atoms. The van der Waals surface area contributed by atoms with Crippen LogP contribution in [0.25, 0.3) is 17.4 Å². The second-order valence-corrected chi connectivity index (χ2v) is 6.35. The van der Waals surface area contributed by atoms with Crippen LogP contribution < -0.4 is 5.32 Å². The second kappa shape index (κ2) is 8.12. The Morgan fingerprint density at radius 3 is 2.44 bits per heavy atom. The van der Waals surface area contributed by atoms with E-state index in [4.69, 9.17) is 27.6 Å². The van der Waals surface area contributed by atoms with Gasteiger partial charge in [-0.1, -0.05) is 41.4 Å². The van der Waals surface area contributed by atoms with Crippen LogP contribution in [0, 0.1) is 0 Å². The first-order valence-corrected chi connectivity index (χ1v) is 8.56. The molecule has 0 atom stereocenters. The Kier molecular flexibility index (Phi) is 5.64. The molecule has 0 fully saturated rings. The van der Waals surface area contributed by atoms with Crippen LogP contribution >= 0.6 is 23.2 Å². The van der Waals surface area contributed by atoms with Crippen molar-refractivity contribution in [3.8, 4) is 11.3 Å². The molecule has 3 rings (SSSR count). The lowest BCUT2D eigenvalue weighted by molar-refractivity contribution is -0.132. The van der Waals surface area contributed by atoms with Gasteiger partial charge in [0.15, 0.2) is 0 Å². The predicted octanol–water partition coefficient (Wildman–Crippen LogP) is 5.11. The molecule has 0 aliphatic heterocycles. The predicted molar refractivity (Wildman–Crippen MR) is 104 cm³/mol. The van der Waals surface area contributed by atoms with Gasteiger partial charge in [-0.25, -0.2) is 4.79 Å². The fourth-order valence-corrected chi connectivity index (χ4v) is 2.72. The van der Waals surface area contributed by atoms with Crippen molar-refractivity contribution in [3.63, 3.8) is 0 Å².